The number of hydrogen-bond donors (Lipinski definition) is 2. The van der Waals surface area contributed by atoms with Crippen molar-refractivity contribution < 1.29 is 19.4 Å². The number of para-hydroxylation sites is 1. The zero-order valence-electron chi connectivity index (χ0n) is 11.5. The van der Waals surface area contributed by atoms with Crippen molar-refractivity contribution in [3.63, 3.8) is 0 Å². The molecule has 2 aromatic carbocycles. The number of carbonyl (C=O) groups excluding carboxylic acids is 2. The minimum absolute atomic E-state index is 0.0122. The van der Waals surface area contributed by atoms with Gasteiger partial charge in [-0.1, -0.05) is 24.3 Å². The highest BCUT2D eigenvalue weighted by Gasteiger charge is 2.11. The number of esters is 1. The van der Waals surface area contributed by atoms with Gasteiger partial charge < -0.3 is 15.2 Å². The number of phenols is 1. The van der Waals surface area contributed by atoms with Crippen LogP contribution in [0, 0.1) is 6.92 Å². The predicted octanol–water partition coefficient (Wildman–Crippen LogP) is 2.50. The van der Waals surface area contributed by atoms with Gasteiger partial charge in [-0.3, -0.25) is 4.79 Å². The van der Waals surface area contributed by atoms with Crippen molar-refractivity contribution in [2.75, 3.05) is 11.9 Å². The molecule has 2 rings (SSSR count). The fourth-order valence-electron chi connectivity index (χ4n) is 1.67. The molecule has 0 bridgehead atoms. The van der Waals surface area contributed by atoms with Crippen LogP contribution in [0.1, 0.15) is 15.9 Å². The molecule has 0 aliphatic carbocycles. The van der Waals surface area contributed by atoms with Gasteiger partial charge in [0.05, 0.1) is 5.56 Å². The normalized spacial score (nSPS) is 9.95. The van der Waals surface area contributed by atoms with Crippen LogP contribution in [0.15, 0.2) is 48.5 Å². The van der Waals surface area contributed by atoms with Crippen LogP contribution in [-0.2, 0) is 9.53 Å². The summed E-state index contributed by atoms with van der Waals surface area (Å²) in [6, 6.07) is 13.3. The first-order chi connectivity index (χ1) is 10.1. The summed E-state index contributed by atoms with van der Waals surface area (Å²) in [7, 11) is 0. The van der Waals surface area contributed by atoms with E-state index in [1.54, 1.807) is 37.3 Å². The zero-order chi connectivity index (χ0) is 15.2. The van der Waals surface area contributed by atoms with Gasteiger partial charge in [0.2, 0.25) is 0 Å². The Morgan fingerprint density at radius 2 is 1.86 bits per heavy atom. The molecule has 108 valence electrons. The Labute approximate surface area is 122 Å². The summed E-state index contributed by atoms with van der Waals surface area (Å²) in [4.78, 5) is 23.4. The van der Waals surface area contributed by atoms with E-state index in [4.69, 9.17) is 4.74 Å². The largest absolute Gasteiger partial charge is 0.508 e. The number of carbonyl (C=O) groups is 2. The summed E-state index contributed by atoms with van der Waals surface area (Å²) < 4.78 is 4.89. The van der Waals surface area contributed by atoms with Crippen LogP contribution in [0.4, 0.5) is 5.69 Å². The summed E-state index contributed by atoms with van der Waals surface area (Å²) >= 11 is 0. The minimum atomic E-state index is -0.659. The lowest BCUT2D eigenvalue weighted by Gasteiger charge is -2.07. The Kier molecular flexibility index (Phi) is 4.56. The van der Waals surface area contributed by atoms with Crippen molar-refractivity contribution in [1.82, 2.24) is 0 Å². The van der Waals surface area contributed by atoms with Crippen LogP contribution in [0.3, 0.4) is 0 Å². The number of aromatic hydroxyl groups is 1. The maximum Gasteiger partial charge on any atom is 0.338 e. The van der Waals surface area contributed by atoms with Gasteiger partial charge in [0.15, 0.2) is 6.61 Å². The van der Waals surface area contributed by atoms with Gasteiger partial charge in [-0.25, -0.2) is 4.79 Å². The molecule has 0 aliphatic rings. The standard InChI is InChI=1S/C16H15NO4/c1-11-7-8-12(9-14(11)18)16(20)21-10-15(19)17-13-5-3-2-4-6-13/h2-9,18H,10H2,1H3,(H,17,19). The molecule has 2 N–H and O–H groups in total. The molecule has 0 radical (unpaired) electrons. The second-order valence-electron chi connectivity index (χ2n) is 4.49. The van der Waals surface area contributed by atoms with E-state index >= 15 is 0 Å². The third kappa shape index (κ3) is 4.07. The Morgan fingerprint density at radius 3 is 2.52 bits per heavy atom. The van der Waals surface area contributed by atoms with Crippen LogP contribution >= 0.6 is 0 Å². The number of benzene rings is 2. The number of anilines is 1. The van der Waals surface area contributed by atoms with Gasteiger partial charge in [0, 0.05) is 5.69 Å². The van der Waals surface area contributed by atoms with Gasteiger partial charge in [-0.15, -0.1) is 0 Å². The number of rotatable bonds is 4. The van der Waals surface area contributed by atoms with Crippen molar-refractivity contribution in [2.24, 2.45) is 0 Å². The second-order valence-corrected chi connectivity index (χ2v) is 4.49. The first-order valence-electron chi connectivity index (χ1n) is 6.38. The Hall–Kier alpha value is -2.82. The molecule has 5 nitrogen and oxygen atoms in total. The molecule has 0 aliphatic heterocycles. The van der Waals surface area contributed by atoms with E-state index in [2.05, 4.69) is 5.32 Å². The maximum atomic E-state index is 11.8. The average Bonchev–Trinajstić information content (AvgIpc) is 2.48. The number of nitrogens with one attached hydrogen (secondary N) is 1. The lowest BCUT2D eigenvalue weighted by Crippen LogP contribution is -2.20. The highest BCUT2D eigenvalue weighted by atomic mass is 16.5. The highest BCUT2D eigenvalue weighted by Crippen LogP contribution is 2.17. The average molecular weight is 285 g/mol. The second kappa shape index (κ2) is 6.56. The number of amides is 1. The molecule has 0 spiro atoms. The molecule has 0 atom stereocenters. The van der Waals surface area contributed by atoms with Gasteiger partial charge in [-0.2, -0.15) is 0 Å². The zero-order valence-corrected chi connectivity index (χ0v) is 11.5. The molecule has 2 aromatic rings. The van der Waals surface area contributed by atoms with Crippen LogP contribution in [0.25, 0.3) is 0 Å². The number of ether oxygens (including phenoxy) is 1. The van der Waals surface area contributed by atoms with E-state index in [-0.39, 0.29) is 17.9 Å². The fourth-order valence-corrected chi connectivity index (χ4v) is 1.67. The first kappa shape index (κ1) is 14.6. The van der Waals surface area contributed by atoms with Crippen molar-refractivity contribution >= 4 is 17.6 Å². The van der Waals surface area contributed by atoms with Gasteiger partial charge in [0.1, 0.15) is 5.75 Å². The third-order valence-corrected chi connectivity index (χ3v) is 2.84. The monoisotopic (exact) mass is 285 g/mol. The van der Waals surface area contributed by atoms with Gasteiger partial charge in [-0.05, 0) is 36.8 Å². The van der Waals surface area contributed by atoms with E-state index in [9.17, 15) is 14.7 Å². The smallest absolute Gasteiger partial charge is 0.338 e. The van der Waals surface area contributed by atoms with Crippen molar-refractivity contribution in [1.29, 1.82) is 0 Å². The van der Waals surface area contributed by atoms with Crippen molar-refractivity contribution in [3.05, 3.63) is 59.7 Å². The van der Waals surface area contributed by atoms with E-state index in [0.717, 1.165) is 0 Å². The molecule has 0 heterocycles. The van der Waals surface area contributed by atoms with Crippen molar-refractivity contribution in [3.8, 4) is 5.75 Å². The quantitative estimate of drug-likeness (QED) is 0.846. The summed E-state index contributed by atoms with van der Waals surface area (Å²) in [5.41, 5.74) is 1.49. The maximum absolute atomic E-state index is 11.8. The van der Waals surface area contributed by atoms with Crippen LogP contribution in [-0.4, -0.2) is 23.6 Å². The Bertz CT molecular complexity index is 653. The van der Waals surface area contributed by atoms with Crippen molar-refractivity contribution in [2.45, 2.75) is 6.92 Å². The molecule has 0 fully saturated rings. The van der Waals surface area contributed by atoms with Gasteiger partial charge >= 0.3 is 5.97 Å². The number of aryl methyl sites for hydroxylation is 1. The molecule has 5 heteroatoms. The molecular weight excluding hydrogens is 270 g/mol. The predicted molar refractivity (Wildman–Crippen MR) is 78.2 cm³/mol. The topological polar surface area (TPSA) is 75.6 Å². The lowest BCUT2D eigenvalue weighted by atomic mass is 10.1. The third-order valence-electron chi connectivity index (χ3n) is 2.84. The van der Waals surface area contributed by atoms with E-state index in [1.165, 1.54) is 12.1 Å². The number of phenolic OH excluding ortho intramolecular Hbond substituents is 1. The summed E-state index contributed by atoms with van der Waals surface area (Å²) in [6.07, 6.45) is 0. The van der Waals surface area contributed by atoms with Gasteiger partial charge in [0.25, 0.3) is 5.91 Å². The SMILES string of the molecule is Cc1ccc(C(=O)OCC(=O)Nc2ccccc2)cc1O. The van der Waals surface area contributed by atoms with Crippen LogP contribution < -0.4 is 5.32 Å². The Balaban J connectivity index is 1.89. The number of hydrogen-bond acceptors (Lipinski definition) is 4. The Morgan fingerprint density at radius 1 is 1.14 bits per heavy atom. The molecule has 0 aromatic heterocycles. The van der Waals surface area contributed by atoms with E-state index < -0.39 is 11.9 Å². The van der Waals surface area contributed by atoms with Crippen LogP contribution in [0.5, 0.6) is 5.75 Å². The lowest BCUT2D eigenvalue weighted by molar-refractivity contribution is -0.119. The van der Waals surface area contributed by atoms with E-state index in [1.807, 2.05) is 6.07 Å². The molecule has 21 heavy (non-hydrogen) atoms. The summed E-state index contributed by atoms with van der Waals surface area (Å²) in [6.45, 7) is 1.33. The summed E-state index contributed by atoms with van der Waals surface area (Å²) in [5, 5.41) is 12.1. The molecular formula is C16H15NO4. The van der Waals surface area contributed by atoms with E-state index in [0.29, 0.717) is 11.3 Å². The molecule has 1 amide bonds. The minimum Gasteiger partial charge on any atom is -0.508 e. The first-order valence-corrected chi connectivity index (χ1v) is 6.38. The molecule has 0 unspecified atom stereocenters. The summed E-state index contributed by atoms with van der Waals surface area (Å²) in [5.74, 6) is -1.07. The highest BCUT2D eigenvalue weighted by molar-refractivity contribution is 5.95. The molecule has 0 saturated carbocycles. The van der Waals surface area contributed by atoms with Crippen LogP contribution in [0.2, 0.25) is 0 Å². The molecule has 0 saturated heterocycles. The fraction of sp³-hybridized carbons (Fsp3) is 0.125.